The van der Waals surface area contributed by atoms with Gasteiger partial charge in [0.15, 0.2) is 5.13 Å². The topological polar surface area (TPSA) is 144 Å². The minimum Gasteiger partial charge on any atom is -0.384 e. The Hall–Kier alpha value is -4.51. The summed E-state index contributed by atoms with van der Waals surface area (Å²) in [6.45, 7) is 6.15. The van der Waals surface area contributed by atoms with Crippen LogP contribution in [0, 0.1) is 12.3 Å². The van der Waals surface area contributed by atoms with Gasteiger partial charge in [-0.25, -0.2) is 9.67 Å². The molecule has 11 heteroatoms. The van der Waals surface area contributed by atoms with Gasteiger partial charge in [-0.05, 0) is 43.0 Å². The summed E-state index contributed by atoms with van der Waals surface area (Å²) < 4.78 is 4.37. The van der Waals surface area contributed by atoms with E-state index in [4.69, 9.17) is 16.2 Å². The molecule has 10 nitrogen and oxygen atoms in total. The molecular weight excluding hydrogens is 500 g/mol. The molecule has 0 radical (unpaired) electrons. The fraction of sp³-hybridized carbons (Fsp3) is 0.222. The lowest BCUT2D eigenvalue weighted by Gasteiger charge is -2.15. The van der Waals surface area contributed by atoms with E-state index in [1.165, 1.54) is 18.3 Å². The summed E-state index contributed by atoms with van der Waals surface area (Å²) in [5.41, 5.74) is 10.3. The third kappa shape index (κ3) is 4.30. The van der Waals surface area contributed by atoms with Gasteiger partial charge in [-0.15, -0.1) is 0 Å². The van der Waals surface area contributed by atoms with E-state index in [0.29, 0.717) is 40.7 Å². The highest BCUT2D eigenvalue weighted by atomic mass is 32.1. The minimum absolute atomic E-state index is 0.0334. The molecule has 2 aromatic carbocycles. The first kappa shape index (κ1) is 25.2. The number of nitrogens with one attached hydrogen (secondary N) is 3. The maximum atomic E-state index is 13.4. The zero-order valence-corrected chi connectivity index (χ0v) is 22.4. The Balaban J connectivity index is 1.65. The highest BCUT2D eigenvalue weighted by Gasteiger charge is 2.23. The Morgan fingerprint density at radius 3 is 2.68 bits per heavy atom. The smallest absolute Gasteiger partial charge is 0.258 e. The number of nitrogen functional groups attached to an aromatic ring is 1. The van der Waals surface area contributed by atoms with E-state index in [-0.39, 0.29) is 17.3 Å². The van der Waals surface area contributed by atoms with Crippen molar-refractivity contribution in [1.82, 2.24) is 19.3 Å². The number of pyridine rings is 1. The van der Waals surface area contributed by atoms with E-state index in [9.17, 15) is 9.59 Å². The summed E-state index contributed by atoms with van der Waals surface area (Å²) in [5, 5.41) is 21.2. The molecule has 5 N–H and O–H groups in total. The van der Waals surface area contributed by atoms with Crippen molar-refractivity contribution in [3.05, 3.63) is 69.6 Å². The molecule has 5 aromatic rings. The molecule has 0 aliphatic rings. The van der Waals surface area contributed by atoms with Crippen LogP contribution in [0.25, 0.3) is 32.2 Å². The van der Waals surface area contributed by atoms with Gasteiger partial charge in [0.2, 0.25) is 5.91 Å². The lowest BCUT2D eigenvalue weighted by atomic mass is 10.1. The lowest BCUT2D eigenvalue weighted by Crippen LogP contribution is -2.25. The molecule has 0 unspecified atom stereocenters. The van der Waals surface area contributed by atoms with Crippen LogP contribution in [-0.4, -0.2) is 38.1 Å². The predicted molar refractivity (Wildman–Crippen MR) is 153 cm³/mol. The second kappa shape index (κ2) is 9.75. The van der Waals surface area contributed by atoms with Gasteiger partial charge in [0.25, 0.3) is 5.56 Å². The van der Waals surface area contributed by atoms with Crippen LogP contribution in [0.5, 0.6) is 0 Å². The van der Waals surface area contributed by atoms with E-state index in [1.54, 1.807) is 16.3 Å². The van der Waals surface area contributed by atoms with E-state index >= 15 is 0 Å². The second-order valence-electron chi connectivity index (χ2n) is 9.00. The molecule has 5 rings (SSSR count). The highest BCUT2D eigenvalue weighted by Crippen LogP contribution is 2.34. The van der Waals surface area contributed by atoms with Crippen molar-refractivity contribution in [2.75, 3.05) is 17.7 Å². The van der Waals surface area contributed by atoms with Crippen LogP contribution in [0.2, 0.25) is 0 Å². The van der Waals surface area contributed by atoms with Crippen molar-refractivity contribution in [2.45, 2.75) is 33.9 Å². The van der Waals surface area contributed by atoms with Gasteiger partial charge in [-0.2, -0.15) is 5.10 Å². The number of aryl methyl sites for hydroxylation is 1. The summed E-state index contributed by atoms with van der Waals surface area (Å²) in [7, 11) is 1.76. The van der Waals surface area contributed by atoms with Crippen LogP contribution < -0.4 is 21.9 Å². The number of amidine groups is 1. The zero-order chi connectivity index (χ0) is 27.1. The Labute approximate surface area is 222 Å². The van der Waals surface area contributed by atoms with Crippen LogP contribution >= 0.6 is 11.3 Å². The minimum atomic E-state index is -0.185. The second-order valence-corrected chi connectivity index (χ2v) is 10.0. The number of aromatic nitrogens is 4. The Bertz CT molecular complexity index is 1800. The maximum absolute atomic E-state index is 13.4. The Kier molecular flexibility index (Phi) is 6.45. The van der Waals surface area contributed by atoms with E-state index in [0.717, 1.165) is 32.4 Å². The number of hydrogen-bond donors (Lipinski definition) is 4. The summed E-state index contributed by atoms with van der Waals surface area (Å²) in [4.78, 5) is 29.3. The molecule has 0 spiro atoms. The summed E-state index contributed by atoms with van der Waals surface area (Å²) >= 11 is 1.36. The molecule has 3 aromatic heterocycles. The average molecular weight is 529 g/mol. The predicted octanol–water partition coefficient (Wildman–Crippen LogP) is 4.14. The fourth-order valence-corrected chi connectivity index (χ4v) is 5.77. The number of rotatable bonds is 7. The largest absolute Gasteiger partial charge is 0.384 e. The SMILES string of the molecule is CCn1c(Cn2nc(-c3ccc4nc(NC(C)=O)sc4c3)c(C(=N)N)c2NC)cc2cccc(C)c2c1=O. The van der Waals surface area contributed by atoms with Gasteiger partial charge in [0, 0.05) is 31.8 Å². The van der Waals surface area contributed by atoms with Gasteiger partial charge in [0.1, 0.15) is 17.3 Å². The number of amides is 1. The van der Waals surface area contributed by atoms with Gasteiger partial charge in [-0.1, -0.05) is 35.6 Å². The number of carbonyl (C=O) groups excluding carboxylic acids is 1. The first-order valence-electron chi connectivity index (χ1n) is 12.1. The van der Waals surface area contributed by atoms with Gasteiger partial charge in [-0.3, -0.25) is 15.0 Å². The third-order valence-electron chi connectivity index (χ3n) is 6.46. The van der Waals surface area contributed by atoms with Crippen LogP contribution in [-0.2, 0) is 17.9 Å². The number of benzene rings is 2. The van der Waals surface area contributed by atoms with E-state index < -0.39 is 0 Å². The molecule has 0 atom stereocenters. The molecule has 3 heterocycles. The first-order valence-corrected chi connectivity index (χ1v) is 13.0. The molecule has 0 fully saturated rings. The summed E-state index contributed by atoms with van der Waals surface area (Å²) in [5.74, 6) is 0.270. The Morgan fingerprint density at radius 2 is 2.00 bits per heavy atom. The van der Waals surface area contributed by atoms with E-state index in [2.05, 4.69) is 15.6 Å². The number of fused-ring (bicyclic) bond motifs is 2. The van der Waals surface area contributed by atoms with Gasteiger partial charge < -0.3 is 20.9 Å². The normalized spacial score (nSPS) is 11.3. The average Bonchev–Trinajstić information content (AvgIpc) is 3.43. The number of anilines is 2. The van der Waals surface area contributed by atoms with Crippen molar-refractivity contribution in [3.63, 3.8) is 0 Å². The van der Waals surface area contributed by atoms with Crippen LogP contribution in [0.4, 0.5) is 10.9 Å². The van der Waals surface area contributed by atoms with Crippen LogP contribution in [0.3, 0.4) is 0 Å². The van der Waals surface area contributed by atoms with Crippen molar-refractivity contribution < 1.29 is 4.79 Å². The number of nitrogens with zero attached hydrogens (tertiary/aromatic N) is 4. The lowest BCUT2D eigenvalue weighted by molar-refractivity contribution is -0.114. The molecular formula is C27H28N8O2S. The maximum Gasteiger partial charge on any atom is 0.258 e. The van der Waals surface area contributed by atoms with E-state index in [1.807, 2.05) is 56.3 Å². The molecule has 0 aliphatic heterocycles. The molecule has 0 aliphatic carbocycles. The molecule has 38 heavy (non-hydrogen) atoms. The number of carbonyl (C=O) groups is 1. The van der Waals surface area contributed by atoms with Crippen molar-refractivity contribution in [2.24, 2.45) is 5.73 Å². The zero-order valence-electron chi connectivity index (χ0n) is 21.5. The van der Waals surface area contributed by atoms with Crippen LogP contribution in [0.1, 0.15) is 30.7 Å². The number of nitrogens with two attached hydrogens (primary N) is 1. The standard InChI is InChI=1S/C27H28N8O2S/c1-5-34-18(11-16-8-6-7-14(2)21(16)26(34)37)13-35-25(30-4)22(24(28)29)23(33-35)17-9-10-19-20(12-17)38-27(32-19)31-15(3)36/h6-12,30H,5,13H2,1-4H3,(H3,28,29)(H,31,32,36). The van der Waals surface area contributed by atoms with Crippen molar-refractivity contribution in [3.8, 4) is 11.3 Å². The van der Waals surface area contributed by atoms with Gasteiger partial charge in [0.05, 0.1) is 27.7 Å². The molecule has 0 bridgehead atoms. The van der Waals surface area contributed by atoms with Gasteiger partial charge >= 0.3 is 0 Å². The van der Waals surface area contributed by atoms with Crippen LogP contribution in [0.15, 0.2) is 47.3 Å². The molecule has 0 saturated carbocycles. The Morgan fingerprint density at radius 1 is 1.21 bits per heavy atom. The summed E-state index contributed by atoms with van der Waals surface area (Å²) in [6.07, 6.45) is 0. The van der Waals surface area contributed by atoms with Crippen molar-refractivity contribution in [1.29, 1.82) is 5.41 Å². The molecule has 1 amide bonds. The molecule has 194 valence electrons. The molecule has 0 saturated heterocycles. The number of hydrogen-bond acceptors (Lipinski definition) is 7. The summed E-state index contributed by atoms with van der Waals surface area (Å²) in [6, 6.07) is 13.5. The highest BCUT2D eigenvalue weighted by molar-refractivity contribution is 7.22. The quantitative estimate of drug-likeness (QED) is 0.185. The third-order valence-corrected chi connectivity index (χ3v) is 7.40. The first-order chi connectivity index (χ1) is 18.2. The fourth-order valence-electron chi connectivity index (χ4n) is 4.82. The number of thiazole rings is 1. The monoisotopic (exact) mass is 528 g/mol. The van der Waals surface area contributed by atoms with Crippen molar-refractivity contribution >= 4 is 55.0 Å².